The average molecular weight is 522 g/mol. The monoisotopic (exact) mass is 521 g/mol. The zero-order chi connectivity index (χ0) is 27.4. The number of alkyl carbamates (subject to hydrolysis) is 1. The molecule has 1 aliphatic rings. The van der Waals surface area contributed by atoms with Crippen LogP contribution in [0, 0.1) is 0 Å². The average Bonchev–Trinajstić information content (AvgIpc) is 2.93. The molecule has 0 fully saturated rings. The van der Waals surface area contributed by atoms with E-state index in [0.717, 1.165) is 24.2 Å². The number of carboxylic acids is 1. The Balaban J connectivity index is 1.92. The van der Waals surface area contributed by atoms with Gasteiger partial charge in [0.15, 0.2) is 0 Å². The number of nitrogens with one attached hydrogen (secondary N) is 2. The first kappa shape index (κ1) is 29.9. The lowest BCUT2D eigenvalue weighted by molar-refractivity contribution is -0.146. The van der Waals surface area contributed by atoms with Crippen molar-refractivity contribution in [1.82, 2.24) is 10.6 Å². The van der Waals surface area contributed by atoms with Gasteiger partial charge in [-0.15, -0.1) is 0 Å². The van der Waals surface area contributed by atoms with Crippen LogP contribution in [0.4, 0.5) is 10.5 Å². The minimum absolute atomic E-state index is 0.0573. The van der Waals surface area contributed by atoms with Gasteiger partial charge in [-0.1, -0.05) is 31.4 Å². The van der Waals surface area contributed by atoms with Crippen molar-refractivity contribution in [2.24, 2.45) is 0 Å². The number of hydrogen-bond donors (Lipinski definition) is 3. The van der Waals surface area contributed by atoms with Crippen LogP contribution in [-0.4, -0.2) is 73.0 Å². The normalized spacial score (nSPS) is 16.2. The number of carboxylic acid groups (broad SMARTS) is 1. The van der Waals surface area contributed by atoms with Gasteiger partial charge in [0.1, 0.15) is 36.6 Å². The predicted molar refractivity (Wildman–Crippen MR) is 137 cm³/mol. The van der Waals surface area contributed by atoms with Gasteiger partial charge in [-0.3, -0.25) is 24.6 Å². The Kier molecular flexibility index (Phi) is 11.6. The minimum Gasteiger partial charge on any atom is -0.489 e. The molecule has 1 aliphatic heterocycles. The third kappa shape index (κ3) is 10.3. The molecule has 11 nitrogen and oxygen atoms in total. The maximum Gasteiger partial charge on any atom is 0.407 e. The van der Waals surface area contributed by atoms with E-state index >= 15 is 0 Å². The number of fused-ring (bicyclic) bond motifs is 1. The van der Waals surface area contributed by atoms with E-state index < -0.39 is 48.2 Å². The maximum atomic E-state index is 13.3. The summed E-state index contributed by atoms with van der Waals surface area (Å²) in [6.07, 6.45) is 3.05. The van der Waals surface area contributed by atoms with Gasteiger partial charge in [-0.2, -0.15) is 0 Å². The van der Waals surface area contributed by atoms with Crippen LogP contribution in [0.1, 0.15) is 59.8 Å². The Morgan fingerprint density at radius 1 is 1.16 bits per heavy atom. The summed E-state index contributed by atoms with van der Waals surface area (Å²) in [6, 6.07) is 5.03. The van der Waals surface area contributed by atoms with E-state index in [-0.39, 0.29) is 13.2 Å². The summed E-state index contributed by atoms with van der Waals surface area (Å²) in [6.45, 7) is 7.21. The minimum atomic E-state index is -1.16. The van der Waals surface area contributed by atoms with E-state index in [4.69, 9.17) is 14.2 Å². The van der Waals surface area contributed by atoms with Crippen molar-refractivity contribution < 1.29 is 38.5 Å². The van der Waals surface area contributed by atoms with Crippen LogP contribution in [0.25, 0.3) is 0 Å². The highest BCUT2D eigenvalue weighted by atomic mass is 16.6. The van der Waals surface area contributed by atoms with E-state index in [1.807, 2.05) is 0 Å². The molecule has 1 aromatic rings. The van der Waals surface area contributed by atoms with Crippen molar-refractivity contribution in [2.75, 3.05) is 31.2 Å². The molecule has 1 aromatic carbocycles. The smallest absolute Gasteiger partial charge is 0.407 e. The largest absolute Gasteiger partial charge is 0.489 e. The second-order valence-corrected chi connectivity index (χ2v) is 9.75. The number of rotatable bonds is 13. The molecule has 11 heteroatoms. The second kappa shape index (κ2) is 14.4. The molecule has 2 amide bonds. The summed E-state index contributed by atoms with van der Waals surface area (Å²) < 4.78 is 16.2. The Bertz CT molecular complexity index is 931. The SMILES string of the molecule is CCOC(=O)[C@H](CCCCCCNC(=O)OC(C)(C)C)NC1COc2ccccc2N(CC(=O)O)C1=O. The number of hydrogen-bond acceptors (Lipinski definition) is 8. The van der Waals surface area contributed by atoms with E-state index in [2.05, 4.69) is 10.6 Å². The molecule has 0 bridgehead atoms. The molecule has 206 valence electrons. The molecule has 1 unspecified atom stereocenters. The van der Waals surface area contributed by atoms with Gasteiger partial charge in [-0.25, -0.2) is 4.79 Å². The molecule has 0 radical (unpaired) electrons. The highest BCUT2D eigenvalue weighted by Crippen LogP contribution is 2.31. The van der Waals surface area contributed by atoms with Crippen LogP contribution in [0.5, 0.6) is 5.75 Å². The number of nitrogens with zero attached hydrogens (tertiary/aromatic N) is 1. The standard InChI is InChI=1S/C26H39N3O8/c1-5-35-24(33)18(12-8-6-7-11-15-27-25(34)37-26(2,3)4)28-19-17-36-21-14-10-9-13-20(21)29(23(19)32)16-22(30)31/h9-10,13-14,18-19,28H,5-8,11-12,15-17H2,1-4H3,(H,27,34)(H,30,31)/t18-,19?/m0/s1. The van der Waals surface area contributed by atoms with E-state index in [1.54, 1.807) is 52.0 Å². The zero-order valence-corrected chi connectivity index (χ0v) is 22.1. The van der Waals surface area contributed by atoms with E-state index in [0.29, 0.717) is 30.8 Å². The predicted octanol–water partition coefficient (Wildman–Crippen LogP) is 2.86. The fourth-order valence-electron chi connectivity index (χ4n) is 3.86. The topological polar surface area (TPSA) is 144 Å². The third-order valence-corrected chi connectivity index (χ3v) is 5.48. The lowest BCUT2D eigenvalue weighted by atomic mass is 10.1. The van der Waals surface area contributed by atoms with E-state index in [1.165, 1.54) is 0 Å². The molecule has 0 saturated carbocycles. The molecule has 2 rings (SSSR count). The van der Waals surface area contributed by atoms with Gasteiger partial charge in [0.2, 0.25) is 5.91 Å². The summed E-state index contributed by atoms with van der Waals surface area (Å²) in [5.41, 5.74) is -0.178. The van der Waals surface area contributed by atoms with Crippen LogP contribution in [0.2, 0.25) is 0 Å². The molecule has 0 aromatic heterocycles. The number of benzene rings is 1. The summed E-state index contributed by atoms with van der Waals surface area (Å²) in [5.74, 6) is -1.73. The molecule has 0 spiro atoms. The van der Waals surface area contributed by atoms with Gasteiger partial charge in [0, 0.05) is 6.54 Å². The van der Waals surface area contributed by atoms with Gasteiger partial charge in [-0.05, 0) is 52.7 Å². The summed E-state index contributed by atoms with van der Waals surface area (Å²) in [7, 11) is 0. The number of aliphatic carboxylic acids is 1. The van der Waals surface area contributed by atoms with Crippen molar-refractivity contribution in [3.8, 4) is 5.75 Å². The Morgan fingerprint density at radius 3 is 2.54 bits per heavy atom. The number of carbonyl (C=O) groups excluding carboxylic acids is 3. The molecule has 0 saturated heterocycles. The lowest BCUT2D eigenvalue weighted by Crippen LogP contribution is -2.54. The Morgan fingerprint density at radius 2 is 1.86 bits per heavy atom. The molecular formula is C26H39N3O8. The molecule has 3 N–H and O–H groups in total. The molecule has 2 atom stereocenters. The zero-order valence-electron chi connectivity index (χ0n) is 22.1. The quantitative estimate of drug-likeness (QED) is 0.264. The Hall–Kier alpha value is -3.34. The number of anilines is 1. The summed E-state index contributed by atoms with van der Waals surface area (Å²) in [5, 5.41) is 15.1. The van der Waals surface area contributed by atoms with Crippen LogP contribution in [-0.2, 0) is 23.9 Å². The van der Waals surface area contributed by atoms with Crippen molar-refractivity contribution in [2.45, 2.75) is 77.5 Å². The maximum absolute atomic E-state index is 13.3. The first-order valence-electron chi connectivity index (χ1n) is 12.7. The fourth-order valence-corrected chi connectivity index (χ4v) is 3.86. The van der Waals surface area contributed by atoms with E-state index in [9.17, 15) is 24.3 Å². The fraction of sp³-hybridized carbons (Fsp3) is 0.615. The van der Waals surface area contributed by atoms with Crippen molar-refractivity contribution >= 4 is 29.6 Å². The van der Waals surface area contributed by atoms with Crippen molar-refractivity contribution in [3.63, 3.8) is 0 Å². The van der Waals surface area contributed by atoms with Crippen molar-refractivity contribution in [1.29, 1.82) is 0 Å². The molecule has 0 aliphatic carbocycles. The summed E-state index contributed by atoms with van der Waals surface area (Å²) in [4.78, 5) is 50.2. The number of para-hydroxylation sites is 2. The van der Waals surface area contributed by atoms with Crippen LogP contribution < -0.4 is 20.3 Å². The Labute approximate surface area is 217 Å². The number of esters is 1. The van der Waals surface area contributed by atoms with Gasteiger partial charge >= 0.3 is 18.0 Å². The summed E-state index contributed by atoms with van der Waals surface area (Å²) >= 11 is 0. The molecular weight excluding hydrogens is 482 g/mol. The van der Waals surface area contributed by atoms with Crippen molar-refractivity contribution in [3.05, 3.63) is 24.3 Å². The number of amides is 2. The van der Waals surface area contributed by atoms with Gasteiger partial charge in [0.05, 0.1) is 12.3 Å². The van der Waals surface area contributed by atoms with Crippen LogP contribution in [0.3, 0.4) is 0 Å². The highest BCUT2D eigenvalue weighted by molar-refractivity contribution is 6.02. The first-order chi connectivity index (χ1) is 17.5. The third-order valence-electron chi connectivity index (χ3n) is 5.48. The first-order valence-corrected chi connectivity index (χ1v) is 12.7. The molecule has 37 heavy (non-hydrogen) atoms. The highest BCUT2D eigenvalue weighted by Gasteiger charge is 2.35. The lowest BCUT2D eigenvalue weighted by Gasteiger charge is -2.26. The second-order valence-electron chi connectivity index (χ2n) is 9.75. The van der Waals surface area contributed by atoms with Gasteiger partial charge < -0.3 is 24.6 Å². The number of carbonyl (C=O) groups is 4. The van der Waals surface area contributed by atoms with Gasteiger partial charge in [0.25, 0.3) is 0 Å². The number of unbranched alkanes of at least 4 members (excludes halogenated alkanes) is 3. The number of ether oxygens (including phenoxy) is 3. The van der Waals surface area contributed by atoms with Crippen LogP contribution >= 0.6 is 0 Å². The van der Waals surface area contributed by atoms with Crippen LogP contribution in [0.15, 0.2) is 24.3 Å². The molecule has 1 heterocycles.